The van der Waals surface area contributed by atoms with E-state index in [0.717, 1.165) is 6.07 Å². The Kier molecular flexibility index (Phi) is 4.37. The smallest absolute Gasteiger partial charge is 0.394 e. The maximum atomic E-state index is 12.9. The molecule has 1 atom stereocenters. The molecule has 5 nitrogen and oxygen atoms in total. The molecule has 0 saturated heterocycles. The van der Waals surface area contributed by atoms with E-state index in [9.17, 15) is 13.2 Å². The first-order valence-corrected chi connectivity index (χ1v) is 6.14. The van der Waals surface area contributed by atoms with Crippen molar-refractivity contribution >= 4 is 5.82 Å². The van der Waals surface area contributed by atoms with E-state index >= 15 is 0 Å². The summed E-state index contributed by atoms with van der Waals surface area (Å²) in [6.07, 6.45) is -1.70. The Morgan fingerprint density at radius 1 is 1.33 bits per heavy atom. The Morgan fingerprint density at radius 3 is 2.67 bits per heavy atom. The fraction of sp³-hybridized carbons (Fsp3) is 0.308. The molecule has 0 spiro atoms. The number of nitrogens with zero attached hydrogens (tertiary/aromatic N) is 3. The SMILES string of the molecule is CC(CO)Nc1cc(C(F)(F)F)nc(-c2cccnc2)n1. The maximum absolute atomic E-state index is 12.9. The lowest BCUT2D eigenvalue weighted by Crippen LogP contribution is -2.21. The Hall–Kier alpha value is -2.22. The van der Waals surface area contributed by atoms with Crippen molar-refractivity contribution in [2.24, 2.45) is 0 Å². The molecule has 2 aromatic rings. The van der Waals surface area contributed by atoms with Crippen LogP contribution in [0.3, 0.4) is 0 Å². The van der Waals surface area contributed by atoms with Crippen molar-refractivity contribution in [1.82, 2.24) is 15.0 Å². The van der Waals surface area contributed by atoms with Gasteiger partial charge in [-0.25, -0.2) is 9.97 Å². The highest BCUT2D eigenvalue weighted by Gasteiger charge is 2.34. The first-order valence-electron chi connectivity index (χ1n) is 6.14. The molecule has 2 aromatic heterocycles. The molecule has 2 heterocycles. The van der Waals surface area contributed by atoms with Gasteiger partial charge in [-0.1, -0.05) is 0 Å². The molecule has 0 aliphatic heterocycles. The second-order valence-corrected chi connectivity index (χ2v) is 4.43. The van der Waals surface area contributed by atoms with E-state index in [4.69, 9.17) is 5.11 Å². The van der Waals surface area contributed by atoms with Gasteiger partial charge in [-0.05, 0) is 19.1 Å². The predicted octanol–water partition coefficient (Wildman–Crippen LogP) is 2.35. The molecule has 112 valence electrons. The Labute approximate surface area is 118 Å². The third kappa shape index (κ3) is 3.88. The number of aliphatic hydroxyl groups is 1. The topological polar surface area (TPSA) is 70.9 Å². The second kappa shape index (κ2) is 6.04. The number of aliphatic hydroxyl groups excluding tert-OH is 1. The van der Waals surface area contributed by atoms with Crippen molar-refractivity contribution in [2.75, 3.05) is 11.9 Å². The zero-order valence-corrected chi connectivity index (χ0v) is 11.1. The van der Waals surface area contributed by atoms with Gasteiger partial charge < -0.3 is 10.4 Å². The van der Waals surface area contributed by atoms with Gasteiger partial charge in [0, 0.05) is 30.1 Å². The number of alkyl halides is 3. The molecular weight excluding hydrogens is 285 g/mol. The Morgan fingerprint density at radius 2 is 2.10 bits per heavy atom. The highest BCUT2D eigenvalue weighted by atomic mass is 19.4. The van der Waals surface area contributed by atoms with Crippen LogP contribution in [0, 0.1) is 0 Å². The molecular formula is C13H13F3N4O. The lowest BCUT2D eigenvalue weighted by atomic mass is 10.2. The molecule has 0 saturated carbocycles. The second-order valence-electron chi connectivity index (χ2n) is 4.43. The number of aromatic nitrogens is 3. The van der Waals surface area contributed by atoms with Crippen LogP contribution in [0.5, 0.6) is 0 Å². The molecule has 21 heavy (non-hydrogen) atoms. The van der Waals surface area contributed by atoms with Crippen LogP contribution in [0.1, 0.15) is 12.6 Å². The zero-order valence-electron chi connectivity index (χ0n) is 11.1. The normalized spacial score (nSPS) is 13.0. The van der Waals surface area contributed by atoms with E-state index in [-0.39, 0.29) is 18.2 Å². The van der Waals surface area contributed by atoms with Crippen LogP contribution < -0.4 is 5.32 Å². The first-order chi connectivity index (χ1) is 9.90. The van der Waals surface area contributed by atoms with E-state index in [2.05, 4.69) is 20.3 Å². The molecule has 8 heteroatoms. The van der Waals surface area contributed by atoms with E-state index < -0.39 is 17.9 Å². The largest absolute Gasteiger partial charge is 0.433 e. The maximum Gasteiger partial charge on any atom is 0.433 e. The molecule has 0 aliphatic carbocycles. The van der Waals surface area contributed by atoms with Gasteiger partial charge in [0.1, 0.15) is 5.82 Å². The van der Waals surface area contributed by atoms with E-state index in [1.165, 1.54) is 12.4 Å². The van der Waals surface area contributed by atoms with Crippen LogP contribution >= 0.6 is 0 Å². The summed E-state index contributed by atoms with van der Waals surface area (Å²) < 4.78 is 38.7. The molecule has 1 unspecified atom stereocenters. The van der Waals surface area contributed by atoms with Crippen LogP contribution in [0.2, 0.25) is 0 Å². The van der Waals surface area contributed by atoms with Crippen molar-refractivity contribution in [3.8, 4) is 11.4 Å². The lowest BCUT2D eigenvalue weighted by Gasteiger charge is -2.14. The van der Waals surface area contributed by atoms with Crippen molar-refractivity contribution in [2.45, 2.75) is 19.1 Å². The summed E-state index contributed by atoms with van der Waals surface area (Å²) in [4.78, 5) is 11.4. The first kappa shape index (κ1) is 15.2. The number of halogens is 3. The third-order valence-corrected chi connectivity index (χ3v) is 2.60. The lowest BCUT2D eigenvalue weighted by molar-refractivity contribution is -0.141. The van der Waals surface area contributed by atoms with E-state index in [1.807, 2.05) is 0 Å². The number of pyridine rings is 1. The van der Waals surface area contributed by atoms with Gasteiger partial charge in [0.05, 0.1) is 6.61 Å². The minimum Gasteiger partial charge on any atom is -0.394 e. The summed E-state index contributed by atoms with van der Waals surface area (Å²) in [5, 5.41) is 11.7. The highest BCUT2D eigenvalue weighted by molar-refractivity contribution is 5.56. The number of nitrogens with one attached hydrogen (secondary N) is 1. The number of hydrogen-bond donors (Lipinski definition) is 2. The van der Waals surface area contributed by atoms with Gasteiger partial charge in [-0.15, -0.1) is 0 Å². The van der Waals surface area contributed by atoms with Gasteiger partial charge in [0.25, 0.3) is 0 Å². The predicted molar refractivity (Wildman–Crippen MR) is 70.4 cm³/mol. The van der Waals surface area contributed by atoms with Crippen molar-refractivity contribution in [3.05, 3.63) is 36.3 Å². The summed E-state index contributed by atoms with van der Waals surface area (Å²) in [6.45, 7) is 1.40. The zero-order chi connectivity index (χ0) is 15.5. The van der Waals surface area contributed by atoms with E-state index in [1.54, 1.807) is 19.1 Å². The minimum absolute atomic E-state index is 0.00210. The number of hydrogen-bond acceptors (Lipinski definition) is 5. The van der Waals surface area contributed by atoms with Gasteiger partial charge in [0.15, 0.2) is 11.5 Å². The molecule has 2 rings (SSSR count). The molecule has 2 N–H and O–H groups in total. The summed E-state index contributed by atoms with van der Waals surface area (Å²) in [5.41, 5.74) is -0.674. The van der Waals surface area contributed by atoms with Crippen LogP contribution in [-0.2, 0) is 6.18 Å². The van der Waals surface area contributed by atoms with Crippen LogP contribution in [-0.4, -0.2) is 32.7 Å². The standard InChI is InChI=1S/C13H13F3N4O/c1-8(7-21)18-11-5-10(13(14,15)16)19-12(20-11)9-3-2-4-17-6-9/h2-6,8,21H,7H2,1H3,(H,18,19,20). The molecule has 0 aliphatic rings. The van der Waals surface area contributed by atoms with Crippen molar-refractivity contribution in [1.29, 1.82) is 0 Å². The molecule has 0 radical (unpaired) electrons. The quantitative estimate of drug-likeness (QED) is 0.906. The average Bonchev–Trinajstić information content (AvgIpc) is 2.47. The Balaban J connectivity index is 2.47. The summed E-state index contributed by atoms with van der Waals surface area (Å²) in [5.74, 6) is -0.0803. The third-order valence-electron chi connectivity index (χ3n) is 2.60. The molecule has 0 amide bonds. The molecule has 0 fully saturated rings. The van der Waals surface area contributed by atoms with Crippen molar-refractivity contribution < 1.29 is 18.3 Å². The van der Waals surface area contributed by atoms with Crippen molar-refractivity contribution in [3.63, 3.8) is 0 Å². The minimum atomic E-state index is -4.58. The van der Waals surface area contributed by atoms with Gasteiger partial charge in [0.2, 0.25) is 0 Å². The number of anilines is 1. The van der Waals surface area contributed by atoms with Gasteiger partial charge in [-0.2, -0.15) is 13.2 Å². The summed E-state index contributed by atoms with van der Waals surface area (Å²) in [6, 6.07) is 3.54. The molecule has 0 aromatic carbocycles. The van der Waals surface area contributed by atoms with Crippen LogP contribution in [0.4, 0.5) is 19.0 Å². The molecule has 0 bridgehead atoms. The van der Waals surface area contributed by atoms with Crippen LogP contribution in [0.25, 0.3) is 11.4 Å². The summed E-state index contributed by atoms with van der Waals surface area (Å²) in [7, 11) is 0. The fourth-order valence-electron chi connectivity index (χ4n) is 1.59. The van der Waals surface area contributed by atoms with Gasteiger partial charge >= 0.3 is 6.18 Å². The van der Waals surface area contributed by atoms with E-state index in [0.29, 0.717) is 5.56 Å². The average molecular weight is 298 g/mol. The number of rotatable bonds is 4. The highest BCUT2D eigenvalue weighted by Crippen LogP contribution is 2.30. The van der Waals surface area contributed by atoms with Gasteiger partial charge in [-0.3, -0.25) is 4.98 Å². The Bertz CT molecular complexity index is 604. The van der Waals surface area contributed by atoms with Crippen LogP contribution in [0.15, 0.2) is 30.6 Å². The monoisotopic (exact) mass is 298 g/mol. The fourth-order valence-corrected chi connectivity index (χ4v) is 1.59. The summed E-state index contributed by atoms with van der Waals surface area (Å²) >= 11 is 0.